The average molecular weight is 709 g/mol. The summed E-state index contributed by atoms with van der Waals surface area (Å²) in [6.07, 6.45) is -3.20. The zero-order valence-corrected chi connectivity index (χ0v) is 28.8. The number of aromatic nitrogens is 4. The zero-order chi connectivity index (χ0) is 37.2. The van der Waals surface area contributed by atoms with Crippen molar-refractivity contribution in [3.8, 4) is 0 Å². The molecule has 0 bridgehead atoms. The van der Waals surface area contributed by atoms with Crippen LogP contribution < -0.4 is 11.2 Å². The molecule has 3 heterocycles. The highest BCUT2D eigenvalue weighted by molar-refractivity contribution is 6.14. The van der Waals surface area contributed by atoms with Crippen molar-refractivity contribution in [2.24, 2.45) is 0 Å². The molecule has 1 saturated heterocycles. The molecule has 1 fully saturated rings. The molecule has 13 heteroatoms. The van der Waals surface area contributed by atoms with E-state index in [1.54, 1.807) is 30.3 Å². The lowest BCUT2D eigenvalue weighted by Crippen LogP contribution is -2.68. The number of aliphatic hydroxyl groups excluding tert-OH is 1. The molecule has 3 aromatic carbocycles. The molecule has 5 atom stereocenters. The highest BCUT2D eigenvalue weighted by Crippen LogP contribution is 2.51. The molecular weight excluding hydrogens is 668 g/mol. The largest absolute Gasteiger partial charge is 0.382 e. The number of imidazole rings is 1. The predicted octanol–water partition coefficient (Wildman–Crippen LogP) is 3.33. The summed E-state index contributed by atoms with van der Waals surface area (Å²) in [5.41, 5.74) is -8.68. The first-order valence-corrected chi connectivity index (χ1v) is 17.3. The van der Waals surface area contributed by atoms with Gasteiger partial charge in [0, 0.05) is 29.8 Å². The molecule has 13 nitrogen and oxygen atoms in total. The summed E-state index contributed by atoms with van der Waals surface area (Å²) < 4.78 is 9.61. The number of Topliss-reactive ketones (excluding diaryl/α,β-unsaturated/α-hetero) is 3. The number of hydrogen-bond acceptors (Lipinski definition) is 10. The van der Waals surface area contributed by atoms with E-state index in [4.69, 9.17) is 4.74 Å². The van der Waals surface area contributed by atoms with E-state index < -0.39 is 58.2 Å². The van der Waals surface area contributed by atoms with E-state index in [1.165, 1.54) is 65.2 Å². The van der Waals surface area contributed by atoms with Crippen LogP contribution in [0.3, 0.4) is 0 Å². The molecule has 3 N–H and O–H groups in total. The first-order valence-electron chi connectivity index (χ1n) is 17.3. The molecule has 2 aromatic heterocycles. The molecule has 1 aliphatic rings. The van der Waals surface area contributed by atoms with Gasteiger partial charge in [0.25, 0.3) is 5.56 Å². The minimum atomic E-state index is -3.34. The Labute approximate surface area is 298 Å². The van der Waals surface area contributed by atoms with Crippen LogP contribution in [0.1, 0.15) is 76.8 Å². The Morgan fingerprint density at radius 1 is 0.750 bits per heavy atom. The van der Waals surface area contributed by atoms with E-state index in [9.17, 15) is 39.3 Å². The fraction of sp³-hybridized carbons (Fsp3) is 0.333. The lowest BCUT2D eigenvalue weighted by Gasteiger charge is -2.39. The SMILES string of the molecule is CCCCn1c(=O)c2c(ncn2[C@@H]2O[C@H](C(O)C(=O)c3ccccc3)[C@](O)(C(=O)c3ccccc3)[C@]2(O)C(=O)c2ccccc2)n(CCCC)c1=O. The van der Waals surface area contributed by atoms with Gasteiger partial charge in [0.05, 0.1) is 0 Å². The number of nitrogens with zero attached hydrogens (tertiary/aromatic N) is 4. The fourth-order valence-corrected chi connectivity index (χ4v) is 6.84. The lowest BCUT2D eigenvalue weighted by atomic mass is 9.69. The second-order valence-corrected chi connectivity index (χ2v) is 12.9. The van der Waals surface area contributed by atoms with Gasteiger partial charge in [0.1, 0.15) is 18.5 Å². The van der Waals surface area contributed by atoms with Crippen molar-refractivity contribution in [2.45, 2.75) is 82.3 Å². The highest BCUT2D eigenvalue weighted by atomic mass is 16.6. The van der Waals surface area contributed by atoms with Crippen LogP contribution in [0.2, 0.25) is 0 Å². The lowest BCUT2D eigenvalue weighted by molar-refractivity contribution is -0.107. The van der Waals surface area contributed by atoms with Crippen molar-refractivity contribution in [1.82, 2.24) is 18.7 Å². The fourth-order valence-electron chi connectivity index (χ4n) is 6.84. The minimum absolute atomic E-state index is 0.00122. The molecule has 270 valence electrons. The Hall–Kier alpha value is -5.34. The summed E-state index contributed by atoms with van der Waals surface area (Å²) in [5.74, 6) is -3.39. The van der Waals surface area contributed by atoms with Crippen LogP contribution in [0.5, 0.6) is 0 Å². The van der Waals surface area contributed by atoms with Gasteiger partial charge < -0.3 is 20.1 Å². The number of carbonyl (C=O) groups is 3. The van der Waals surface area contributed by atoms with E-state index in [0.29, 0.717) is 25.7 Å². The maximum atomic E-state index is 14.7. The number of hydrogen-bond donors (Lipinski definition) is 3. The average Bonchev–Trinajstić information content (AvgIpc) is 3.72. The third-order valence-corrected chi connectivity index (χ3v) is 9.67. The first kappa shape index (κ1) is 36.5. The van der Waals surface area contributed by atoms with Gasteiger partial charge in [-0.25, -0.2) is 9.78 Å². The van der Waals surface area contributed by atoms with Gasteiger partial charge in [-0.15, -0.1) is 0 Å². The minimum Gasteiger partial charge on any atom is -0.382 e. The molecule has 0 radical (unpaired) electrons. The third-order valence-electron chi connectivity index (χ3n) is 9.67. The number of ether oxygens (including phenoxy) is 1. The second-order valence-electron chi connectivity index (χ2n) is 12.9. The standard InChI is InChI=1S/C39H40N4O9/c1-3-5-22-41-34-28(35(48)42(37(41)49)23-6-4-2)43(24-40-34)36-39(51,32(47)27-20-14-9-15-21-27)38(50,31(46)26-18-12-8-13-19-26)33(52-36)30(45)29(44)25-16-10-7-11-17-25/h7-21,24,30,33,36,45,50-51H,3-6,22-23H2,1-2H3/t30?,33-,36-,38-,39+/m1/s1. The molecule has 1 aliphatic heterocycles. The van der Waals surface area contributed by atoms with Gasteiger partial charge in [-0.3, -0.25) is 32.9 Å². The van der Waals surface area contributed by atoms with Crippen LogP contribution in [0.4, 0.5) is 0 Å². The van der Waals surface area contributed by atoms with Gasteiger partial charge in [0.15, 0.2) is 28.8 Å². The Bertz CT molecular complexity index is 2220. The summed E-state index contributed by atoms with van der Waals surface area (Å²) in [6, 6.07) is 22.2. The third kappa shape index (κ3) is 5.85. The van der Waals surface area contributed by atoms with Crippen LogP contribution in [-0.4, -0.2) is 74.8 Å². The second kappa shape index (κ2) is 14.7. The quantitative estimate of drug-likeness (QED) is 0.145. The van der Waals surface area contributed by atoms with Crippen molar-refractivity contribution >= 4 is 28.5 Å². The van der Waals surface area contributed by atoms with Crippen molar-refractivity contribution < 1.29 is 34.4 Å². The van der Waals surface area contributed by atoms with Crippen LogP contribution in [0.25, 0.3) is 11.2 Å². The summed E-state index contributed by atoms with van der Waals surface area (Å²) in [6.45, 7) is 4.08. The highest BCUT2D eigenvalue weighted by Gasteiger charge is 2.75. The molecular formula is C39H40N4O9. The van der Waals surface area contributed by atoms with Crippen molar-refractivity contribution in [2.75, 3.05) is 0 Å². The normalized spacial score (nSPS) is 22.0. The number of carbonyl (C=O) groups excluding carboxylic acids is 3. The molecule has 1 unspecified atom stereocenters. The number of ketones is 3. The van der Waals surface area contributed by atoms with Gasteiger partial charge in [0.2, 0.25) is 17.2 Å². The molecule has 52 heavy (non-hydrogen) atoms. The Kier molecular flexibility index (Phi) is 10.3. The maximum absolute atomic E-state index is 14.7. The molecule has 0 aliphatic carbocycles. The molecule has 0 amide bonds. The van der Waals surface area contributed by atoms with Crippen molar-refractivity contribution in [1.29, 1.82) is 0 Å². The van der Waals surface area contributed by atoms with Gasteiger partial charge in [-0.2, -0.15) is 0 Å². The van der Waals surface area contributed by atoms with E-state index >= 15 is 0 Å². The van der Waals surface area contributed by atoms with Crippen LogP contribution >= 0.6 is 0 Å². The first-order chi connectivity index (χ1) is 25.0. The number of fused-ring (bicyclic) bond motifs is 1. The van der Waals surface area contributed by atoms with Crippen molar-refractivity contribution in [3.63, 3.8) is 0 Å². The maximum Gasteiger partial charge on any atom is 0.332 e. The van der Waals surface area contributed by atoms with Gasteiger partial charge >= 0.3 is 5.69 Å². The number of benzene rings is 3. The number of aryl methyl sites for hydroxylation is 1. The Morgan fingerprint density at radius 3 is 1.75 bits per heavy atom. The summed E-state index contributed by atoms with van der Waals surface area (Å²) in [7, 11) is 0. The zero-order valence-electron chi connectivity index (χ0n) is 28.8. The Balaban J connectivity index is 1.66. The van der Waals surface area contributed by atoms with Crippen molar-refractivity contribution in [3.05, 3.63) is 135 Å². The molecule has 5 aromatic rings. The number of rotatable bonds is 14. The smallest absolute Gasteiger partial charge is 0.332 e. The summed E-state index contributed by atoms with van der Waals surface area (Å²) in [5, 5.41) is 37.6. The number of aliphatic hydroxyl groups is 3. The van der Waals surface area contributed by atoms with E-state index in [2.05, 4.69) is 4.98 Å². The van der Waals surface area contributed by atoms with Crippen LogP contribution in [0, 0.1) is 0 Å². The molecule has 0 spiro atoms. The monoisotopic (exact) mass is 708 g/mol. The van der Waals surface area contributed by atoms with E-state index in [-0.39, 0.29) is 40.9 Å². The number of unbranched alkanes of at least 4 members (excludes halogenated alkanes) is 2. The predicted molar refractivity (Wildman–Crippen MR) is 190 cm³/mol. The Morgan fingerprint density at radius 2 is 1.23 bits per heavy atom. The van der Waals surface area contributed by atoms with E-state index in [1.807, 2.05) is 13.8 Å². The summed E-state index contributed by atoms with van der Waals surface area (Å²) >= 11 is 0. The van der Waals surface area contributed by atoms with Gasteiger partial charge in [-0.05, 0) is 12.8 Å². The van der Waals surface area contributed by atoms with Gasteiger partial charge in [-0.1, -0.05) is 118 Å². The topological polar surface area (TPSA) is 183 Å². The summed E-state index contributed by atoms with van der Waals surface area (Å²) in [4.78, 5) is 75.4. The van der Waals surface area contributed by atoms with Crippen LogP contribution in [-0.2, 0) is 17.8 Å². The molecule has 6 rings (SSSR count). The van der Waals surface area contributed by atoms with E-state index in [0.717, 1.165) is 15.5 Å². The molecule has 0 saturated carbocycles. The van der Waals surface area contributed by atoms with Crippen LogP contribution in [0.15, 0.2) is 107 Å².